The first-order valence-electron chi connectivity index (χ1n) is 12.3. The van der Waals surface area contributed by atoms with E-state index in [1.165, 1.54) is 5.56 Å². The third kappa shape index (κ3) is 5.04. The molecule has 5 rings (SSSR count). The van der Waals surface area contributed by atoms with Crippen LogP contribution in [0.5, 0.6) is 5.75 Å². The SMILES string of the molecule is CN=Cc1c(NC(=O)C2CC2c2ccccc2OC)sc2c1CCN(C(=O)CCc1cccnc1)C2. The Bertz CT molecular complexity index is 1290. The van der Waals surface area contributed by atoms with Gasteiger partial charge < -0.3 is 15.0 Å². The number of aromatic nitrogens is 1. The molecular formula is C28H30N4O3S. The number of rotatable bonds is 8. The Labute approximate surface area is 215 Å². The molecule has 1 fully saturated rings. The van der Waals surface area contributed by atoms with E-state index in [0.717, 1.165) is 45.2 Å². The Kier molecular flexibility index (Phi) is 7.13. The maximum absolute atomic E-state index is 13.2. The van der Waals surface area contributed by atoms with Gasteiger partial charge >= 0.3 is 0 Å². The molecule has 0 saturated heterocycles. The van der Waals surface area contributed by atoms with Crippen LogP contribution >= 0.6 is 11.3 Å². The molecule has 1 aromatic carbocycles. The van der Waals surface area contributed by atoms with Crippen molar-refractivity contribution < 1.29 is 14.3 Å². The molecule has 3 heterocycles. The van der Waals surface area contributed by atoms with Gasteiger partial charge in [0.1, 0.15) is 10.8 Å². The van der Waals surface area contributed by atoms with Crippen LogP contribution in [0.25, 0.3) is 0 Å². The van der Waals surface area contributed by atoms with Gasteiger partial charge in [0.15, 0.2) is 0 Å². The van der Waals surface area contributed by atoms with Crippen LogP contribution < -0.4 is 10.1 Å². The van der Waals surface area contributed by atoms with Crippen molar-refractivity contribution in [3.8, 4) is 5.75 Å². The molecule has 36 heavy (non-hydrogen) atoms. The summed E-state index contributed by atoms with van der Waals surface area (Å²) < 4.78 is 5.49. The highest BCUT2D eigenvalue weighted by molar-refractivity contribution is 7.17. The molecular weight excluding hydrogens is 472 g/mol. The summed E-state index contributed by atoms with van der Waals surface area (Å²) >= 11 is 1.56. The number of thiophene rings is 1. The number of amides is 2. The number of pyridine rings is 1. The second-order valence-electron chi connectivity index (χ2n) is 9.24. The summed E-state index contributed by atoms with van der Waals surface area (Å²) in [5.74, 6) is 1.10. The number of aliphatic imine (C=N–C) groups is 1. The van der Waals surface area contributed by atoms with Crippen molar-refractivity contribution in [3.63, 3.8) is 0 Å². The number of nitrogens with one attached hydrogen (secondary N) is 1. The van der Waals surface area contributed by atoms with Gasteiger partial charge in [-0.25, -0.2) is 0 Å². The fraction of sp³-hybridized carbons (Fsp3) is 0.357. The van der Waals surface area contributed by atoms with Crippen molar-refractivity contribution in [1.29, 1.82) is 0 Å². The number of benzene rings is 1. The molecule has 7 nitrogen and oxygen atoms in total. The van der Waals surface area contributed by atoms with Gasteiger partial charge in [0.25, 0.3) is 0 Å². The van der Waals surface area contributed by atoms with Gasteiger partial charge in [-0.2, -0.15) is 0 Å². The van der Waals surface area contributed by atoms with Crippen LogP contribution in [0.15, 0.2) is 53.8 Å². The van der Waals surface area contributed by atoms with Gasteiger partial charge in [0.2, 0.25) is 11.8 Å². The molecule has 0 radical (unpaired) electrons. The van der Waals surface area contributed by atoms with Gasteiger partial charge in [-0.3, -0.25) is 19.6 Å². The van der Waals surface area contributed by atoms with Gasteiger partial charge in [0, 0.05) is 55.0 Å². The fourth-order valence-corrected chi connectivity index (χ4v) is 6.20. The maximum atomic E-state index is 13.2. The van der Waals surface area contributed by atoms with Crippen molar-refractivity contribution in [2.75, 3.05) is 26.0 Å². The van der Waals surface area contributed by atoms with Crippen LogP contribution in [-0.2, 0) is 29.0 Å². The molecule has 1 saturated carbocycles. The molecule has 0 bridgehead atoms. The highest BCUT2D eigenvalue weighted by Gasteiger charge is 2.45. The van der Waals surface area contributed by atoms with E-state index in [1.54, 1.807) is 31.7 Å². The van der Waals surface area contributed by atoms with Crippen molar-refractivity contribution >= 4 is 34.4 Å². The van der Waals surface area contributed by atoms with Crippen LogP contribution in [0.4, 0.5) is 5.00 Å². The molecule has 186 valence electrons. The zero-order valence-electron chi connectivity index (χ0n) is 20.6. The zero-order chi connectivity index (χ0) is 25.1. The highest BCUT2D eigenvalue weighted by Crippen LogP contribution is 2.51. The lowest BCUT2D eigenvalue weighted by molar-refractivity contribution is -0.132. The predicted molar refractivity (Wildman–Crippen MR) is 142 cm³/mol. The monoisotopic (exact) mass is 502 g/mol. The summed E-state index contributed by atoms with van der Waals surface area (Å²) in [6, 6.07) is 11.8. The Hall–Kier alpha value is -3.52. The standard InChI is InChI=1S/C28H30N4O3S/c1-29-16-23-20-11-13-32(26(33)10-9-18-6-5-12-30-15-18)17-25(20)36-28(23)31-27(34)22-14-21(22)19-7-3-4-8-24(19)35-2/h3-8,12,15-16,21-22H,9-11,13-14,17H2,1-2H3,(H,31,34). The number of fused-ring (bicyclic) bond motifs is 1. The number of hydrogen-bond acceptors (Lipinski definition) is 6. The Morgan fingerprint density at radius 2 is 2.14 bits per heavy atom. The largest absolute Gasteiger partial charge is 0.496 e. The Morgan fingerprint density at radius 1 is 1.28 bits per heavy atom. The van der Waals surface area contributed by atoms with E-state index in [1.807, 2.05) is 53.7 Å². The molecule has 0 spiro atoms. The van der Waals surface area contributed by atoms with E-state index in [2.05, 4.69) is 15.3 Å². The fourth-order valence-electron chi connectivity index (χ4n) is 4.96. The summed E-state index contributed by atoms with van der Waals surface area (Å²) in [4.78, 5) is 37.5. The second kappa shape index (κ2) is 10.6. The topological polar surface area (TPSA) is 83.9 Å². The average molecular weight is 503 g/mol. The molecule has 3 aromatic rings. The molecule has 2 unspecified atom stereocenters. The maximum Gasteiger partial charge on any atom is 0.228 e. The summed E-state index contributed by atoms with van der Waals surface area (Å²) in [7, 11) is 3.40. The van der Waals surface area contributed by atoms with E-state index in [0.29, 0.717) is 25.9 Å². The first-order valence-corrected chi connectivity index (χ1v) is 13.1. The third-order valence-corrected chi connectivity index (χ3v) is 8.11. The number of para-hydroxylation sites is 1. The Balaban J connectivity index is 1.26. The number of aryl methyl sites for hydroxylation is 1. The number of nitrogens with zero attached hydrogens (tertiary/aromatic N) is 3. The first-order chi connectivity index (χ1) is 17.6. The molecule has 8 heteroatoms. The van der Waals surface area contributed by atoms with Crippen LogP contribution in [0, 0.1) is 5.92 Å². The van der Waals surface area contributed by atoms with Gasteiger partial charge in [-0.05, 0) is 54.0 Å². The van der Waals surface area contributed by atoms with E-state index < -0.39 is 0 Å². The number of carbonyl (C=O) groups excluding carboxylic acids is 2. The highest BCUT2D eigenvalue weighted by atomic mass is 32.1. The van der Waals surface area contributed by atoms with Gasteiger partial charge in [0.05, 0.1) is 13.7 Å². The molecule has 2 aromatic heterocycles. The number of ether oxygens (including phenoxy) is 1. The zero-order valence-corrected chi connectivity index (χ0v) is 21.4. The minimum absolute atomic E-state index is 0.0275. The Morgan fingerprint density at radius 3 is 2.92 bits per heavy atom. The van der Waals surface area contributed by atoms with Crippen LogP contribution in [0.1, 0.15) is 45.9 Å². The summed E-state index contributed by atoms with van der Waals surface area (Å²) in [6.07, 6.45) is 8.10. The number of hydrogen-bond donors (Lipinski definition) is 1. The first kappa shape index (κ1) is 24.2. The summed E-state index contributed by atoms with van der Waals surface area (Å²) in [6.45, 7) is 1.24. The average Bonchev–Trinajstić information content (AvgIpc) is 3.65. The normalized spacial score (nSPS) is 18.7. The van der Waals surface area contributed by atoms with Gasteiger partial charge in [-0.1, -0.05) is 24.3 Å². The lowest BCUT2D eigenvalue weighted by atomic mass is 10.0. The molecule has 2 atom stereocenters. The van der Waals surface area contributed by atoms with E-state index >= 15 is 0 Å². The molecule has 2 aliphatic rings. The van der Waals surface area contributed by atoms with Crippen molar-refractivity contribution in [2.24, 2.45) is 10.9 Å². The molecule has 1 aliphatic heterocycles. The predicted octanol–water partition coefficient (Wildman–Crippen LogP) is 4.46. The number of methoxy groups -OCH3 is 1. The second-order valence-corrected chi connectivity index (χ2v) is 10.3. The van der Waals surface area contributed by atoms with E-state index in [-0.39, 0.29) is 23.7 Å². The number of carbonyl (C=O) groups is 2. The molecule has 1 aliphatic carbocycles. The van der Waals surface area contributed by atoms with E-state index in [4.69, 9.17) is 4.74 Å². The van der Waals surface area contributed by atoms with Crippen LogP contribution in [0.3, 0.4) is 0 Å². The van der Waals surface area contributed by atoms with Gasteiger partial charge in [-0.15, -0.1) is 11.3 Å². The lowest BCUT2D eigenvalue weighted by Gasteiger charge is -2.27. The van der Waals surface area contributed by atoms with Crippen molar-refractivity contribution in [1.82, 2.24) is 9.88 Å². The van der Waals surface area contributed by atoms with Crippen molar-refractivity contribution in [2.45, 2.75) is 38.1 Å². The molecule has 2 amide bonds. The lowest BCUT2D eigenvalue weighted by Crippen LogP contribution is -2.35. The van der Waals surface area contributed by atoms with Crippen LogP contribution in [0.2, 0.25) is 0 Å². The minimum Gasteiger partial charge on any atom is -0.496 e. The smallest absolute Gasteiger partial charge is 0.228 e. The van der Waals surface area contributed by atoms with E-state index in [9.17, 15) is 9.59 Å². The summed E-state index contributed by atoms with van der Waals surface area (Å²) in [5.41, 5.74) is 4.32. The molecule has 1 N–H and O–H groups in total. The van der Waals surface area contributed by atoms with Crippen molar-refractivity contribution in [3.05, 3.63) is 75.9 Å². The summed E-state index contributed by atoms with van der Waals surface area (Å²) in [5, 5.41) is 4.00. The van der Waals surface area contributed by atoms with Crippen LogP contribution in [-0.4, -0.2) is 48.6 Å². The third-order valence-electron chi connectivity index (χ3n) is 6.96. The minimum atomic E-state index is -0.0719. The quantitative estimate of drug-likeness (QED) is 0.461. The number of anilines is 1.